The molecule has 120 valence electrons. The van der Waals surface area contributed by atoms with E-state index in [-0.39, 0.29) is 12.2 Å². The van der Waals surface area contributed by atoms with Crippen LogP contribution in [-0.4, -0.2) is 28.9 Å². The van der Waals surface area contributed by atoms with E-state index in [9.17, 15) is 22.8 Å². The van der Waals surface area contributed by atoms with Crippen LogP contribution >= 0.6 is 0 Å². The van der Waals surface area contributed by atoms with Gasteiger partial charge < -0.3 is 15.2 Å². The Hall–Kier alpha value is -2.25. The highest BCUT2D eigenvalue weighted by atomic mass is 19.4. The molecule has 0 bridgehead atoms. The van der Waals surface area contributed by atoms with Crippen LogP contribution in [0.15, 0.2) is 24.3 Å². The number of halogens is 3. The summed E-state index contributed by atoms with van der Waals surface area (Å²) in [6, 6.07) is 4.86. The van der Waals surface area contributed by atoms with Crippen LogP contribution in [0, 0.1) is 0 Å². The highest BCUT2D eigenvalue weighted by Crippen LogP contribution is 2.32. The number of carboxylic acid groups (broad SMARTS) is 1. The first-order valence-corrected chi connectivity index (χ1v) is 6.59. The van der Waals surface area contributed by atoms with Crippen LogP contribution in [0.25, 0.3) is 0 Å². The fraction of sp³-hybridized carbons (Fsp3) is 0.429. The molecular weight excluding hydrogens is 303 g/mol. The number of aliphatic carboxylic acids is 1. The van der Waals surface area contributed by atoms with Crippen LogP contribution in [0.1, 0.15) is 24.8 Å². The first kappa shape index (κ1) is 16.1. The van der Waals surface area contributed by atoms with E-state index in [2.05, 4.69) is 10.1 Å². The smallest absolute Gasteiger partial charge is 0.480 e. The molecule has 2 N–H and O–H groups in total. The molecule has 1 saturated carbocycles. The van der Waals surface area contributed by atoms with Gasteiger partial charge in [-0.05, 0) is 37.0 Å². The van der Waals surface area contributed by atoms with E-state index >= 15 is 0 Å². The van der Waals surface area contributed by atoms with Crippen molar-refractivity contribution in [2.45, 2.75) is 37.6 Å². The summed E-state index contributed by atoms with van der Waals surface area (Å²) in [5.74, 6) is -1.93. The molecule has 1 aliphatic carbocycles. The molecule has 8 heteroatoms. The molecule has 2 rings (SSSR count). The molecule has 0 aliphatic heterocycles. The number of nitrogens with one attached hydrogen (secondary N) is 1. The molecule has 1 amide bonds. The predicted octanol–water partition coefficient (Wildman–Crippen LogP) is 2.25. The molecule has 0 atom stereocenters. The third-order valence-corrected chi connectivity index (χ3v) is 3.52. The highest BCUT2D eigenvalue weighted by Gasteiger charge is 2.45. The maximum Gasteiger partial charge on any atom is 0.573 e. The zero-order chi connectivity index (χ0) is 16.4. The van der Waals surface area contributed by atoms with Crippen molar-refractivity contribution >= 4 is 11.9 Å². The summed E-state index contributed by atoms with van der Waals surface area (Å²) in [7, 11) is 0. The number of ether oxygens (including phenoxy) is 1. The molecule has 1 aliphatic rings. The lowest BCUT2D eigenvalue weighted by molar-refractivity contribution is -0.274. The number of carbonyl (C=O) groups excluding carboxylic acids is 1. The minimum absolute atomic E-state index is 0.110. The van der Waals surface area contributed by atoms with E-state index < -0.39 is 23.8 Å². The van der Waals surface area contributed by atoms with Gasteiger partial charge in [-0.2, -0.15) is 0 Å². The van der Waals surface area contributed by atoms with Gasteiger partial charge in [-0.25, -0.2) is 4.79 Å². The monoisotopic (exact) mass is 317 g/mol. The summed E-state index contributed by atoms with van der Waals surface area (Å²) < 4.78 is 39.8. The Morgan fingerprint density at radius 3 is 2.23 bits per heavy atom. The topological polar surface area (TPSA) is 75.6 Å². The van der Waals surface area contributed by atoms with Gasteiger partial charge in [0.1, 0.15) is 11.3 Å². The van der Waals surface area contributed by atoms with Gasteiger partial charge in [0.25, 0.3) is 0 Å². The van der Waals surface area contributed by atoms with Gasteiger partial charge in [0.15, 0.2) is 0 Å². The maximum absolute atomic E-state index is 12.0. The van der Waals surface area contributed by atoms with Crippen molar-refractivity contribution in [1.29, 1.82) is 0 Å². The Balaban J connectivity index is 1.93. The Morgan fingerprint density at radius 1 is 1.23 bits per heavy atom. The Kier molecular flexibility index (Phi) is 4.30. The maximum atomic E-state index is 12.0. The Morgan fingerprint density at radius 2 is 1.82 bits per heavy atom. The SMILES string of the molecule is O=C(Cc1ccc(OC(F)(F)F)cc1)NC1(C(=O)O)CCC1. The highest BCUT2D eigenvalue weighted by molar-refractivity contribution is 5.88. The van der Waals surface area contributed by atoms with E-state index in [0.29, 0.717) is 18.4 Å². The fourth-order valence-electron chi connectivity index (χ4n) is 2.23. The fourth-order valence-corrected chi connectivity index (χ4v) is 2.23. The largest absolute Gasteiger partial charge is 0.573 e. The lowest BCUT2D eigenvalue weighted by atomic mass is 9.76. The number of amides is 1. The number of hydrogen-bond donors (Lipinski definition) is 2. The number of rotatable bonds is 5. The second-order valence-corrected chi connectivity index (χ2v) is 5.16. The first-order valence-electron chi connectivity index (χ1n) is 6.59. The number of carbonyl (C=O) groups is 2. The number of alkyl halides is 3. The summed E-state index contributed by atoms with van der Waals surface area (Å²) in [6.45, 7) is 0. The van der Waals surface area contributed by atoms with E-state index in [1.807, 2.05) is 0 Å². The molecule has 0 heterocycles. The molecule has 0 radical (unpaired) electrons. The lowest BCUT2D eigenvalue weighted by Crippen LogP contribution is -2.59. The minimum Gasteiger partial charge on any atom is -0.480 e. The molecular formula is C14H14F3NO4. The van der Waals surface area contributed by atoms with Gasteiger partial charge >= 0.3 is 12.3 Å². The van der Waals surface area contributed by atoms with Crippen LogP contribution in [0.4, 0.5) is 13.2 Å². The summed E-state index contributed by atoms with van der Waals surface area (Å²) in [4.78, 5) is 23.0. The number of carboxylic acids is 1. The zero-order valence-corrected chi connectivity index (χ0v) is 11.4. The number of benzene rings is 1. The van der Waals surface area contributed by atoms with Gasteiger partial charge in [0, 0.05) is 0 Å². The summed E-state index contributed by atoms with van der Waals surface area (Å²) >= 11 is 0. The van der Waals surface area contributed by atoms with Gasteiger partial charge in [-0.15, -0.1) is 13.2 Å². The van der Waals surface area contributed by atoms with Gasteiger partial charge in [0.2, 0.25) is 5.91 Å². The molecule has 0 unspecified atom stereocenters. The van der Waals surface area contributed by atoms with Crippen molar-refractivity contribution in [3.8, 4) is 5.75 Å². The van der Waals surface area contributed by atoms with Crippen molar-refractivity contribution < 1.29 is 32.6 Å². The van der Waals surface area contributed by atoms with Crippen molar-refractivity contribution in [3.63, 3.8) is 0 Å². The molecule has 1 aromatic carbocycles. The molecule has 0 spiro atoms. The summed E-state index contributed by atoms with van der Waals surface area (Å²) in [6.07, 6.45) is -3.38. The van der Waals surface area contributed by atoms with E-state index in [4.69, 9.17) is 5.11 Å². The molecule has 5 nitrogen and oxygen atoms in total. The second kappa shape index (κ2) is 5.86. The van der Waals surface area contributed by atoms with Crippen molar-refractivity contribution in [3.05, 3.63) is 29.8 Å². The molecule has 0 saturated heterocycles. The van der Waals surface area contributed by atoms with Gasteiger partial charge in [0.05, 0.1) is 6.42 Å². The van der Waals surface area contributed by atoms with Crippen LogP contribution < -0.4 is 10.1 Å². The molecule has 1 fully saturated rings. The summed E-state index contributed by atoms with van der Waals surface area (Å²) in [5, 5.41) is 11.6. The van der Waals surface area contributed by atoms with Crippen molar-refractivity contribution in [1.82, 2.24) is 5.32 Å². The Labute approximate surface area is 124 Å². The quantitative estimate of drug-likeness (QED) is 0.873. The Bertz CT molecular complexity index is 564. The van der Waals surface area contributed by atoms with Gasteiger partial charge in [-0.1, -0.05) is 12.1 Å². The van der Waals surface area contributed by atoms with Crippen molar-refractivity contribution in [2.24, 2.45) is 0 Å². The van der Waals surface area contributed by atoms with E-state index in [1.165, 1.54) is 12.1 Å². The molecule has 1 aromatic rings. The standard InChI is InChI=1S/C14H14F3NO4/c15-14(16,17)22-10-4-2-9(3-5-10)8-11(19)18-13(12(20)21)6-1-7-13/h2-5H,1,6-8H2,(H,18,19)(H,20,21). The summed E-state index contributed by atoms with van der Waals surface area (Å²) in [5.41, 5.74) is -0.733. The van der Waals surface area contributed by atoms with Crippen LogP contribution in [0.5, 0.6) is 5.75 Å². The van der Waals surface area contributed by atoms with Crippen LogP contribution in [0.3, 0.4) is 0 Å². The third kappa shape index (κ3) is 3.90. The zero-order valence-electron chi connectivity index (χ0n) is 11.4. The minimum atomic E-state index is -4.77. The van der Waals surface area contributed by atoms with Gasteiger partial charge in [-0.3, -0.25) is 4.79 Å². The predicted molar refractivity (Wildman–Crippen MR) is 69.2 cm³/mol. The molecule has 22 heavy (non-hydrogen) atoms. The third-order valence-electron chi connectivity index (χ3n) is 3.52. The first-order chi connectivity index (χ1) is 10.2. The normalized spacial score (nSPS) is 16.5. The van der Waals surface area contributed by atoms with E-state index in [0.717, 1.165) is 18.6 Å². The average Bonchev–Trinajstić information content (AvgIpc) is 2.34. The lowest BCUT2D eigenvalue weighted by Gasteiger charge is -2.38. The van der Waals surface area contributed by atoms with E-state index in [1.54, 1.807) is 0 Å². The van der Waals surface area contributed by atoms with Crippen LogP contribution in [-0.2, 0) is 16.0 Å². The average molecular weight is 317 g/mol. The second-order valence-electron chi connectivity index (χ2n) is 5.16. The number of hydrogen-bond acceptors (Lipinski definition) is 3. The van der Waals surface area contributed by atoms with Crippen LogP contribution in [0.2, 0.25) is 0 Å². The van der Waals surface area contributed by atoms with Crippen molar-refractivity contribution in [2.75, 3.05) is 0 Å². The molecule has 0 aromatic heterocycles.